The number of carbonyl (C=O) groups excluding carboxylic acids is 2. The maximum atomic E-state index is 15.4. The molecule has 0 spiro atoms. The Balaban J connectivity index is 1.13. The standard InChI is InChI=1S/C37H40F2N4O5/c1-23-24(2)37(23,35(44)41-26-10-8-25(38)9-11-26)36(45)42-27-12-13-32(29(39)20-27)48-31-14-15-40-30-22-34(33(46-3)21-28(30)31)47-19-7-18-43-16-5-4-6-17-43/h8-15,20-24H,4-7,16-19H2,1-3H3,(H,41,44)(H,42,45)/t23-,24-/m1/s1. The molecule has 3 aromatic carbocycles. The van der Waals surface area contributed by atoms with Crippen molar-refractivity contribution in [1.82, 2.24) is 9.88 Å². The first kappa shape index (κ1) is 33.1. The van der Waals surface area contributed by atoms with E-state index < -0.39 is 28.9 Å². The molecule has 1 saturated carbocycles. The third-order valence-corrected chi connectivity index (χ3v) is 9.65. The van der Waals surface area contributed by atoms with Crippen LogP contribution in [-0.2, 0) is 9.59 Å². The number of hydrogen-bond acceptors (Lipinski definition) is 7. The highest BCUT2D eigenvalue weighted by atomic mass is 19.1. The predicted molar refractivity (Wildman–Crippen MR) is 180 cm³/mol. The molecule has 11 heteroatoms. The number of amides is 2. The molecule has 2 fully saturated rings. The topological polar surface area (TPSA) is 102 Å². The van der Waals surface area contributed by atoms with Crippen molar-refractivity contribution < 1.29 is 32.6 Å². The zero-order valence-corrected chi connectivity index (χ0v) is 27.4. The molecule has 48 heavy (non-hydrogen) atoms. The smallest absolute Gasteiger partial charge is 0.240 e. The van der Waals surface area contributed by atoms with Gasteiger partial charge in [0.15, 0.2) is 23.1 Å². The summed E-state index contributed by atoms with van der Waals surface area (Å²) in [5.41, 5.74) is -0.208. The summed E-state index contributed by atoms with van der Waals surface area (Å²) in [6.45, 7) is 7.44. The van der Waals surface area contributed by atoms with E-state index in [9.17, 15) is 14.0 Å². The van der Waals surface area contributed by atoms with Crippen molar-refractivity contribution >= 4 is 34.1 Å². The summed E-state index contributed by atoms with van der Waals surface area (Å²) in [7, 11) is 1.56. The van der Waals surface area contributed by atoms with Crippen molar-refractivity contribution in [3.05, 3.63) is 78.5 Å². The fourth-order valence-electron chi connectivity index (χ4n) is 6.63. The van der Waals surface area contributed by atoms with Gasteiger partial charge in [0, 0.05) is 41.6 Å². The first-order chi connectivity index (χ1) is 23.2. The average Bonchev–Trinajstić information content (AvgIpc) is 3.65. The Morgan fingerprint density at radius 3 is 2.21 bits per heavy atom. The Hall–Kier alpha value is -4.77. The number of aromatic nitrogens is 1. The monoisotopic (exact) mass is 658 g/mol. The first-order valence-corrected chi connectivity index (χ1v) is 16.4. The number of methoxy groups -OCH3 is 1. The van der Waals surface area contributed by atoms with Crippen LogP contribution in [0.3, 0.4) is 0 Å². The average molecular weight is 659 g/mol. The highest BCUT2D eigenvalue weighted by Crippen LogP contribution is 2.59. The van der Waals surface area contributed by atoms with E-state index >= 15 is 4.39 Å². The summed E-state index contributed by atoms with van der Waals surface area (Å²) in [4.78, 5) is 33.7. The van der Waals surface area contributed by atoms with Crippen LogP contribution < -0.4 is 24.8 Å². The zero-order chi connectivity index (χ0) is 33.8. The van der Waals surface area contributed by atoms with Crippen LogP contribution in [0.25, 0.3) is 10.9 Å². The molecule has 4 aromatic rings. The molecule has 0 bridgehead atoms. The molecule has 2 N–H and O–H groups in total. The Morgan fingerprint density at radius 2 is 1.54 bits per heavy atom. The molecule has 252 valence electrons. The van der Waals surface area contributed by atoms with E-state index in [0.717, 1.165) is 32.1 Å². The Kier molecular flexibility index (Phi) is 9.77. The van der Waals surface area contributed by atoms with Crippen molar-refractivity contribution in [3.8, 4) is 23.0 Å². The van der Waals surface area contributed by atoms with Crippen molar-refractivity contribution in [2.75, 3.05) is 44.0 Å². The number of carbonyl (C=O) groups is 2. The van der Waals surface area contributed by atoms with E-state index in [1.165, 1.54) is 55.7 Å². The molecule has 2 atom stereocenters. The molecule has 1 saturated heterocycles. The maximum Gasteiger partial charge on any atom is 0.240 e. The van der Waals surface area contributed by atoms with Crippen LogP contribution in [0.1, 0.15) is 39.5 Å². The molecule has 1 aromatic heterocycles. The zero-order valence-electron chi connectivity index (χ0n) is 27.4. The van der Waals surface area contributed by atoms with Gasteiger partial charge in [-0.25, -0.2) is 8.78 Å². The van der Waals surface area contributed by atoms with Gasteiger partial charge >= 0.3 is 0 Å². The minimum Gasteiger partial charge on any atom is -0.493 e. The third-order valence-electron chi connectivity index (χ3n) is 9.65. The predicted octanol–water partition coefficient (Wildman–Crippen LogP) is 7.42. The third kappa shape index (κ3) is 6.78. The molecular formula is C37H40F2N4O5. The number of benzene rings is 3. The largest absolute Gasteiger partial charge is 0.493 e. The Labute approximate surface area is 278 Å². The minimum atomic E-state index is -1.36. The van der Waals surface area contributed by atoms with E-state index in [4.69, 9.17) is 14.2 Å². The number of nitrogens with zero attached hydrogens (tertiary/aromatic N) is 2. The molecule has 0 radical (unpaired) electrons. The van der Waals surface area contributed by atoms with Gasteiger partial charge in [-0.15, -0.1) is 0 Å². The fourth-order valence-corrected chi connectivity index (χ4v) is 6.63. The molecule has 2 heterocycles. The molecular weight excluding hydrogens is 618 g/mol. The number of rotatable bonds is 12. The van der Waals surface area contributed by atoms with Crippen LogP contribution in [0.15, 0.2) is 66.9 Å². The van der Waals surface area contributed by atoms with Crippen molar-refractivity contribution in [3.63, 3.8) is 0 Å². The molecule has 2 aliphatic rings. The van der Waals surface area contributed by atoms with Gasteiger partial charge in [-0.2, -0.15) is 0 Å². The lowest BCUT2D eigenvalue weighted by Crippen LogP contribution is -2.38. The molecule has 1 aliphatic carbocycles. The summed E-state index contributed by atoms with van der Waals surface area (Å²) < 4.78 is 46.4. The number of likely N-dealkylation sites (tertiary alicyclic amines) is 1. The quantitative estimate of drug-likeness (QED) is 0.121. The van der Waals surface area contributed by atoms with Gasteiger partial charge < -0.3 is 29.7 Å². The van der Waals surface area contributed by atoms with Crippen molar-refractivity contribution in [2.45, 2.75) is 39.5 Å². The lowest BCUT2D eigenvalue weighted by Gasteiger charge is -2.26. The van der Waals surface area contributed by atoms with E-state index in [1.54, 1.807) is 31.5 Å². The fraction of sp³-hybridized carbons (Fsp3) is 0.378. The Bertz CT molecular complexity index is 1790. The van der Waals surface area contributed by atoms with E-state index in [1.807, 2.05) is 13.8 Å². The summed E-state index contributed by atoms with van der Waals surface area (Å²) in [5, 5.41) is 6.03. The second-order valence-electron chi connectivity index (χ2n) is 12.5. The van der Waals surface area contributed by atoms with Crippen LogP contribution in [0.2, 0.25) is 0 Å². The molecule has 0 unspecified atom stereocenters. The number of anilines is 2. The van der Waals surface area contributed by atoms with Gasteiger partial charge in [-0.3, -0.25) is 14.6 Å². The molecule has 6 rings (SSSR count). The van der Waals surface area contributed by atoms with Crippen LogP contribution >= 0.6 is 0 Å². The lowest BCUT2D eigenvalue weighted by molar-refractivity contribution is -0.132. The highest BCUT2D eigenvalue weighted by Gasteiger charge is 2.69. The molecule has 9 nitrogen and oxygen atoms in total. The number of halogens is 2. The van der Waals surface area contributed by atoms with E-state index in [-0.39, 0.29) is 23.3 Å². The minimum absolute atomic E-state index is 0.0607. The summed E-state index contributed by atoms with van der Waals surface area (Å²) in [6.07, 6.45) is 6.28. The van der Waals surface area contributed by atoms with E-state index in [2.05, 4.69) is 20.5 Å². The summed E-state index contributed by atoms with van der Waals surface area (Å²) in [6, 6.07) is 14.6. The highest BCUT2D eigenvalue weighted by molar-refractivity contribution is 6.17. The number of ether oxygens (including phenoxy) is 3. The number of hydrogen-bond donors (Lipinski definition) is 2. The van der Waals surface area contributed by atoms with Crippen molar-refractivity contribution in [2.24, 2.45) is 17.3 Å². The number of fused-ring (bicyclic) bond motifs is 1. The van der Waals surface area contributed by atoms with Crippen LogP contribution in [0, 0.1) is 28.9 Å². The molecule has 1 aliphatic heterocycles. The summed E-state index contributed by atoms with van der Waals surface area (Å²) in [5.74, 6) is -1.32. The first-order valence-electron chi connectivity index (χ1n) is 16.4. The van der Waals surface area contributed by atoms with Gasteiger partial charge in [0.2, 0.25) is 11.8 Å². The number of nitrogens with one attached hydrogen (secondary N) is 2. The maximum absolute atomic E-state index is 15.4. The van der Waals surface area contributed by atoms with E-state index in [0.29, 0.717) is 40.4 Å². The second kappa shape index (κ2) is 14.1. The Morgan fingerprint density at radius 1 is 0.854 bits per heavy atom. The number of pyridine rings is 1. The SMILES string of the molecule is COc1cc2c(Oc3ccc(NC(=O)C4(C(=O)Nc5ccc(F)cc5)[C@H](C)[C@H]4C)cc3F)ccnc2cc1OCCCN1CCCCC1. The van der Waals surface area contributed by atoms with Crippen LogP contribution in [0.5, 0.6) is 23.0 Å². The summed E-state index contributed by atoms with van der Waals surface area (Å²) >= 11 is 0. The van der Waals surface area contributed by atoms with Gasteiger partial charge in [0.1, 0.15) is 17.0 Å². The van der Waals surface area contributed by atoms with Crippen molar-refractivity contribution in [1.29, 1.82) is 0 Å². The van der Waals surface area contributed by atoms with Crippen LogP contribution in [-0.4, -0.2) is 55.0 Å². The number of piperidine rings is 1. The molecule has 2 amide bonds. The normalized spacial score (nSPS) is 20.6. The van der Waals surface area contributed by atoms with Crippen LogP contribution in [0.4, 0.5) is 20.2 Å². The van der Waals surface area contributed by atoms with Gasteiger partial charge in [0.25, 0.3) is 0 Å². The van der Waals surface area contributed by atoms with Gasteiger partial charge in [-0.05, 0) is 92.7 Å². The second-order valence-corrected chi connectivity index (χ2v) is 12.5. The lowest BCUT2D eigenvalue weighted by atomic mass is 9.99. The van der Waals surface area contributed by atoms with Gasteiger partial charge in [0.05, 0.1) is 19.2 Å². The van der Waals surface area contributed by atoms with Gasteiger partial charge in [-0.1, -0.05) is 20.3 Å².